The van der Waals surface area contributed by atoms with Crippen molar-refractivity contribution in [3.63, 3.8) is 0 Å². The second-order valence-corrected chi connectivity index (χ2v) is 7.52. The average molecular weight is 420 g/mol. The number of anilines is 1. The molecule has 1 saturated heterocycles. The molecule has 0 saturated carbocycles. The molecule has 9 heteroatoms. The molecule has 0 radical (unpaired) electrons. The highest BCUT2D eigenvalue weighted by Gasteiger charge is 2.27. The number of rotatable bonds is 3. The van der Waals surface area contributed by atoms with Crippen molar-refractivity contribution in [1.29, 1.82) is 0 Å². The predicted octanol–water partition coefficient (Wildman–Crippen LogP) is 3.13. The van der Waals surface area contributed by atoms with Gasteiger partial charge in [-0.05, 0) is 50.2 Å². The van der Waals surface area contributed by atoms with E-state index in [-0.39, 0.29) is 11.7 Å². The Labute approximate surface area is 177 Å². The summed E-state index contributed by atoms with van der Waals surface area (Å²) < 4.78 is 20.3. The van der Waals surface area contributed by atoms with Crippen LogP contribution in [0.3, 0.4) is 0 Å². The topological polar surface area (TPSA) is 80.3 Å². The van der Waals surface area contributed by atoms with Gasteiger partial charge in [-0.2, -0.15) is 5.10 Å². The number of hydrogen-bond donors (Lipinski definition) is 0. The molecule has 4 heterocycles. The maximum atomic E-state index is 13.4. The van der Waals surface area contributed by atoms with Crippen molar-refractivity contribution in [2.45, 2.75) is 13.8 Å². The fourth-order valence-electron chi connectivity index (χ4n) is 3.94. The van der Waals surface area contributed by atoms with Crippen LogP contribution in [0.1, 0.15) is 22.1 Å². The van der Waals surface area contributed by atoms with Gasteiger partial charge in [-0.15, -0.1) is 0 Å². The monoisotopic (exact) mass is 420 g/mol. The molecule has 4 aromatic rings. The number of fused-ring (bicyclic) bond motifs is 1. The molecule has 3 aromatic heterocycles. The van der Waals surface area contributed by atoms with Crippen molar-refractivity contribution in [2.75, 3.05) is 31.1 Å². The number of hydrogen-bond acceptors (Lipinski definition) is 6. The van der Waals surface area contributed by atoms with Crippen molar-refractivity contribution in [1.82, 2.24) is 24.6 Å². The van der Waals surface area contributed by atoms with Crippen LogP contribution >= 0.6 is 0 Å². The van der Waals surface area contributed by atoms with Crippen LogP contribution < -0.4 is 4.90 Å². The summed E-state index contributed by atoms with van der Waals surface area (Å²) in [6, 6.07) is 9.56. The smallest absolute Gasteiger partial charge is 0.289 e. The van der Waals surface area contributed by atoms with Gasteiger partial charge in [-0.25, -0.2) is 19.0 Å². The molecule has 1 fully saturated rings. The Kier molecular flexibility index (Phi) is 4.65. The number of amides is 1. The van der Waals surface area contributed by atoms with E-state index in [0.717, 1.165) is 22.6 Å². The maximum absolute atomic E-state index is 13.4. The molecule has 0 aliphatic carbocycles. The van der Waals surface area contributed by atoms with Crippen LogP contribution in [-0.2, 0) is 0 Å². The number of nitrogens with zero attached hydrogens (tertiary/aromatic N) is 6. The van der Waals surface area contributed by atoms with E-state index in [1.54, 1.807) is 33.8 Å². The van der Waals surface area contributed by atoms with Crippen LogP contribution in [0.25, 0.3) is 16.7 Å². The average Bonchev–Trinajstić information content (AvgIpc) is 3.42. The number of aryl methyl sites for hydroxylation is 2. The quantitative estimate of drug-likeness (QED) is 0.507. The zero-order chi connectivity index (χ0) is 21.5. The Balaban J connectivity index is 1.47. The molecular formula is C22H21FN6O2. The van der Waals surface area contributed by atoms with E-state index in [0.29, 0.717) is 43.4 Å². The third kappa shape index (κ3) is 3.41. The van der Waals surface area contributed by atoms with Crippen LogP contribution in [0.2, 0.25) is 0 Å². The molecule has 0 unspecified atom stereocenters. The number of carbonyl (C=O) groups excluding carboxylic acids is 1. The Morgan fingerprint density at radius 1 is 1.03 bits per heavy atom. The van der Waals surface area contributed by atoms with Gasteiger partial charge >= 0.3 is 0 Å². The Bertz CT molecular complexity index is 1240. The van der Waals surface area contributed by atoms with Gasteiger partial charge in [0.25, 0.3) is 5.91 Å². The van der Waals surface area contributed by atoms with E-state index in [4.69, 9.17) is 9.40 Å². The number of furan rings is 1. The molecule has 8 nitrogen and oxygen atoms in total. The normalized spacial score (nSPS) is 14.4. The summed E-state index contributed by atoms with van der Waals surface area (Å²) >= 11 is 0. The van der Waals surface area contributed by atoms with Crippen LogP contribution in [0, 0.1) is 19.7 Å². The summed E-state index contributed by atoms with van der Waals surface area (Å²) in [5.41, 5.74) is 2.21. The summed E-state index contributed by atoms with van der Waals surface area (Å²) in [5.74, 6) is 1.38. The number of carbonyl (C=O) groups is 1. The highest BCUT2D eigenvalue weighted by Crippen LogP contribution is 2.29. The van der Waals surface area contributed by atoms with E-state index in [1.165, 1.54) is 18.4 Å². The predicted molar refractivity (Wildman–Crippen MR) is 113 cm³/mol. The van der Waals surface area contributed by atoms with Crippen LogP contribution in [0.4, 0.5) is 10.2 Å². The van der Waals surface area contributed by atoms with Gasteiger partial charge in [0.1, 0.15) is 17.5 Å². The molecule has 0 spiro atoms. The van der Waals surface area contributed by atoms with Crippen molar-refractivity contribution in [3.8, 4) is 5.69 Å². The summed E-state index contributed by atoms with van der Waals surface area (Å²) in [5, 5.41) is 5.51. The molecule has 158 valence electrons. The van der Waals surface area contributed by atoms with Gasteiger partial charge in [-0.1, -0.05) is 0 Å². The highest BCUT2D eigenvalue weighted by atomic mass is 19.1. The number of benzene rings is 1. The standard InChI is InChI=1S/C22H21FN6O2/c1-14-19-20(27-9-11-28(12-10-27)22(30)18-4-3-13-31-18)24-15(2)25-21(19)29(26-14)17-7-5-16(23)6-8-17/h3-8,13H,9-12H2,1-2H3. The SMILES string of the molecule is Cc1nc(N2CCN(C(=O)c3ccco3)CC2)c2c(C)nn(-c3ccc(F)cc3)c2n1. The van der Waals surface area contributed by atoms with E-state index < -0.39 is 0 Å². The summed E-state index contributed by atoms with van der Waals surface area (Å²) in [7, 11) is 0. The van der Waals surface area contributed by atoms with Crippen molar-refractivity contribution in [3.05, 3.63) is 65.8 Å². The first-order valence-corrected chi connectivity index (χ1v) is 10.1. The molecule has 1 aromatic carbocycles. The first-order chi connectivity index (χ1) is 15.0. The van der Waals surface area contributed by atoms with E-state index in [2.05, 4.69) is 15.0 Å². The minimum absolute atomic E-state index is 0.103. The van der Waals surface area contributed by atoms with E-state index >= 15 is 0 Å². The lowest BCUT2D eigenvalue weighted by Gasteiger charge is -2.35. The Morgan fingerprint density at radius 3 is 2.45 bits per heavy atom. The zero-order valence-electron chi connectivity index (χ0n) is 17.2. The molecule has 1 aliphatic rings. The molecule has 1 aliphatic heterocycles. The summed E-state index contributed by atoms with van der Waals surface area (Å²) in [6.07, 6.45) is 1.51. The molecule has 0 atom stereocenters. The van der Waals surface area contributed by atoms with Gasteiger partial charge in [0.15, 0.2) is 11.4 Å². The third-order valence-corrected chi connectivity index (χ3v) is 5.46. The number of piperazine rings is 1. The first kappa shape index (κ1) is 19.2. The summed E-state index contributed by atoms with van der Waals surface area (Å²) in [6.45, 7) is 6.17. The van der Waals surface area contributed by atoms with Crippen molar-refractivity contribution >= 4 is 22.8 Å². The molecule has 5 rings (SSSR count). The van der Waals surface area contributed by atoms with Crippen molar-refractivity contribution < 1.29 is 13.6 Å². The van der Waals surface area contributed by atoms with Gasteiger partial charge in [0, 0.05) is 26.2 Å². The lowest BCUT2D eigenvalue weighted by atomic mass is 10.2. The first-order valence-electron chi connectivity index (χ1n) is 10.1. The molecule has 31 heavy (non-hydrogen) atoms. The van der Waals surface area contributed by atoms with Gasteiger partial charge in [0.05, 0.1) is 23.0 Å². The van der Waals surface area contributed by atoms with Gasteiger partial charge in [0.2, 0.25) is 0 Å². The Hall–Kier alpha value is -3.75. The van der Waals surface area contributed by atoms with Gasteiger partial charge in [-0.3, -0.25) is 4.79 Å². The largest absolute Gasteiger partial charge is 0.459 e. The van der Waals surface area contributed by atoms with Crippen LogP contribution in [0.15, 0.2) is 47.1 Å². The number of halogens is 1. The number of aromatic nitrogens is 4. The van der Waals surface area contributed by atoms with Gasteiger partial charge < -0.3 is 14.2 Å². The van der Waals surface area contributed by atoms with Crippen LogP contribution in [-0.4, -0.2) is 56.7 Å². The minimum atomic E-state index is -0.301. The maximum Gasteiger partial charge on any atom is 0.289 e. The lowest BCUT2D eigenvalue weighted by Crippen LogP contribution is -2.49. The summed E-state index contributed by atoms with van der Waals surface area (Å²) in [4.78, 5) is 25.8. The highest BCUT2D eigenvalue weighted by molar-refractivity contribution is 5.92. The van der Waals surface area contributed by atoms with Crippen molar-refractivity contribution in [2.24, 2.45) is 0 Å². The minimum Gasteiger partial charge on any atom is -0.459 e. The lowest BCUT2D eigenvalue weighted by molar-refractivity contribution is 0.0714. The zero-order valence-corrected chi connectivity index (χ0v) is 17.2. The fourth-order valence-corrected chi connectivity index (χ4v) is 3.94. The van der Waals surface area contributed by atoms with E-state index in [1.807, 2.05) is 13.8 Å². The third-order valence-electron chi connectivity index (χ3n) is 5.46. The van der Waals surface area contributed by atoms with E-state index in [9.17, 15) is 9.18 Å². The second kappa shape index (κ2) is 7.50. The molecule has 1 amide bonds. The molecular weight excluding hydrogens is 399 g/mol. The fraction of sp³-hybridized carbons (Fsp3) is 0.273. The van der Waals surface area contributed by atoms with Crippen LogP contribution in [0.5, 0.6) is 0 Å². The molecule has 0 N–H and O–H groups in total. The second-order valence-electron chi connectivity index (χ2n) is 7.52. The molecule has 0 bridgehead atoms. The Morgan fingerprint density at radius 2 is 1.77 bits per heavy atom.